The number of nitrogens with zero attached hydrogens (tertiary/aromatic N) is 1. The first-order valence-corrected chi connectivity index (χ1v) is 10.1. The number of aliphatic hydroxyl groups excluding tert-OH is 1. The first-order chi connectivity index (χ1) is 14.4. The number of unbranched alkanes of at least 4 members (excludes halogenated alkanes) is 2. The summed E-state index contributed by atoms with van der Waals surface area (Å²) in [5.41, 5.74) is 1.16. The lowest BCUT2D eigenvalue weighted by atomic mass is 9.95. The number of hydrogen-bond acceptors (Lipinski definition) is 4. The van der Waals surface area contributed by atoms with Gasteiger partial charge < -0.3 is 15.1 Å². The maximum absolute atomic E-state index is 12.8. The Kier molecular flexibility index (Phi) is 6.90. The Bertz CT molecular complexity index is 969. The molecule has 0 saturated carbocycles. The number of hydrogen-bond donors (Lipinski definition) is 2. The fraction of sp³-hybridized carbons (Fsp3) is 0.261. The normalized spacial score (nSPS) is 18.0. The summed E-state index contributed by atoms with van der Waals surface area (Å²) in [6.45, 7) is 0.293. The molecule has 0 aromatic heterocycles. The summed E-state index contributed by atoms with van der Waals surface area (Å²) in [5.74, 6) is -2.51. The van der Waals surface area contributed by atoms with Gasteiger partial charge in [-0.05, 0) is 42.7 Å². The minimum atomic E-state index is -0.859. The van der Waals surface area contributed by atoms with Crippen LogP contribution in [0.15, 0.2) is 60.2 Å². The van der Waals surface area contributed by atoms with Gasteiger partial charge >= 0.3 is 5.97 Å². The zero-order valence-corrected chi connectivity index (χ0v) is 17.0. The Labute approximate surface area is 179 Å². The van der Waals surface area contributed by atoms with Gasteiger partial charge in [-0.2, -0.15) is 0 Å². The Morgan fingerprint density at radius 1 is 0.933 bits per heavy atom. The van der Waals surface area contributed by atoms with E-state index in [1.165, 1.54) is 4.90 Å². The van der Waals surface area contributed by atoms with Crippen LogP contribution >= 0.6 is 11.6 Å². The molecule has 6 nitrogen and oxygen atoms in total. The van der Waals surface area contributed by atoms with Crippen LogP contribution in [0, 0.1) is 0 Å². The number of aliphatic carboxylic acids is 1. The molecule has 1 aliphatic rings. The van der Waals surface area contributed by atoms with Crippen LogP contribution in [-0.2, 0) is 14.4 Å². The predicted molar refractivity (Wildman–Crippen MR) is 113 cm³/mol. The van der Waals surface area contributed by atoms with Crippen molar-refractivity contribution in [3.8, 4) is 0 Å². The highest BCUT2D eigenvalue weighted by molar-refractivity contribution is 6.46. The highest BCUT2D eigenvalue weighted by atomic mass is 35.5. The van der Waals surface area contributed by atoms with Gasteiger partial charge in [-0.25, -0.2) is 0 Å². The van der Waals surface area contributed by atoms with E-state index in [4.69, 9.17) is 16.7 Å². The molecule has 3 rings (SSSR count). The number of Topliss-reactive ketones (excluding diaryl/α,β-unsaturated/α-hetero) is 1. The second kappa shape index (κ2) is 9.59. The van der Waals surface area contributed by atoms with Crippen molar-refractivity contribution in [2.75, 3.05) is 6.54 Å². The van der Waals surface area contributed by atoms with E-state index in [1.807, 2.05) is 30.3 Å². The molecule has 1 atom stereocenters. The second-order valence-electron chi connectivity index (χ2n) is 7.11. The van der Waals surface area contributed by atoms with Crippen molar-refractivity contribution >= 4 is 35.0 Å². The first-order valence-electron chi connectivity index (χ1n) is 9.71. The summed E-state index contributed by atoms with van der Waals surface area (Å²) in [7, 11) is 0. The van der Waals surface area contributed by atoms with Crippen LogP contribution in [0.5, 0.6) is 0 Å². The number of ketones is 1. The van der Waals surface area contributed by atoms with Crippen LogP contribution < -0.4 is 0 Å². The van der Waals surface area contributed by atoms with Crippen molar-refractivity contribution in [1.82, 2.24) is 4.90 Å². The third-order valence-corrected chi connectivity index (χ3v) is 5.31. The molecule has 7 heteroatoms. The molecular formula is C23H22ClNO5. The topological polar surface area (TPSA) is 94.9 Å². The largest absolute Gasteiger partial charge is 0.507 e. The van der Waals surface area contributed by atoms with Crippen LogP contribution in [0.25, 0.3) is 5.76 Å². The second-order valence-corrected chi connectivity index (χ2v) is 7.55. The number of benzene rings is 2. The van der Waals surface area contributed by atoms with E-state index >= 15 is 0 Å². The molecule has 0 spiro atoms. The van der Waals surface area contributed by atoms with E-state index in [1.54, 1.807) is 24.3 Å². The number of carboxylic acid groups (broad SMARTS) is 1. The highest BCUT2D eigenvalue weighted by Crippen LogP contribution is 2.39. The number of carbonyl (C=O) groups is 3. The summed E-state index contributed by atoms with van der Waals surface area (Å²) in [4.78, 5) is 37.8. The molecule has 1 aliphatic heterocycles. The Balaban J connectivity index is 1.94. The molecule has 1 unspecified atom stereocenters. The highest BCUT2D eigenvalue weighted by Gasteiger charge is 2.45. The number of carbonyl (C=O) groups excluding carboxylic acids is 2. The van der Waals surface area contributed by atoms with Crippen LogP contribution in [0.3, 0.4) is 0 Å². The van der Waals surface area contributed by atoms with Gasteiger partial charge in [0.1, 0.15) is 5.76 Å². The van der Waals surface area contributed by atoms with Gasteiger partial charge in [0.05, 0.1) is 11.6 Å². The minimum absolute atomic E-state index is 0.0408. The van der Waals surface area contributed by atoms with Crippen LogP contribution in [0.4, 0.5) is 0 Å². The van der Waals surface area contributed by atoms with E-state index in [0.29, 0.717) is 36.4 Å². The summed E-state index contributed by atoms with van der Waals surface area (Å²) >= 11 is 5.91. The fourth-order valence-corrected chi connectivity index (χ4v) is 3.72. The number of amides is 1. The smallest absolute Gasteiger partial charge is 0.303 e. The maximum atomic E-state index is 12.8. The van der Waals surface area contributed by atoms with Crippen LogP contribution in [-0.4, -0.2) is 39.3 Å². The van der Waals surface area contributed by atoms with Crippen molar-refractivity contribution in [3.05, 3.63) is 76.3 Å². The van der Waals surface area contributed by atoms with E-state index in [0.717, 1.165) is 5.56 Å². The van der Waals surface area contributed by atoms with E-state index in [2.05, 4.69) is 0 Å². The van der Waals surface area contributed by atoms with Crippen LogP contribution in [0.1, 0.15) is 42.9 Å². The third kappa shape index (κ3) is 4.71. The Morgan fingerprint density at radius 3 is 2.23 bits per heavy atom. The molecule has 2 aromatic rings. The summed E-state index contributed by atoms with van der Waals surface area (Å²) < 4.78 is 0. The average molecular weight is 428 g/mol. The van der Waals surface area contributed by atoms with Crippen molar-refractivity contribution in [2.45, 2.75) is 31.7 Å². The van der Waals surface area contributed by atoms with Gasteiger partial charge in [-0.15, -0.1) is 0 Å². The van der Waals surface area contributed by atoms with Gasteiger partial charge in [0.2, 0.25) is 0 Å². The monoisotopic (exact) mass is 427 g/mol. The zero-order chi connectivity index (χ0) is 21.7. The Hall–Kier alpha value is -3.12. The lowest BCUT2D eigenvalue weighted by molar-refractivity contribution is -0.140. The first kappa shape index (κ1) is 21.6. The molecule has 1 fully saturated rings. The van der Waals surface area contributed by atoms with Crippen molar-refractivity contribution in [1.29, 1.82) is 0 Å². The molecule has 2 aromatic carbocycles. The SMILES string of the molecule is O=C(O)CCCCCN1C(=O)C(=O)C(=C(O)c2ccc(Cl)cc2)C1c1ccccc1. The molecule has 1 saturated heterocycles. The molecule has 0 radical (unpaired) electrons. The predicted octanol–water partition coefficient (Wildman–Crippen LogP) is 4.41. The quantitative estimate of drug-likeness (QED) is 0.281. The van der Waals surface area contributed by atoms with Crippen molar-refractivity contribution in [3.63, 3.8) is 0 Å². The molecule has 156 valence electrons. The van der Waals surface area contributed by atoms with Crippen molar-refractivity contribution < 1.29 is 24.6 Å². The molecule has 1 amide bonds. The van der Waals surface area contributed by atoms with Gasteiger partial charge in [-0.1, -0.05) is 48.4 Å². The molecule has 30 heavy (non-hydrogen) atoms. The number of likely N-dealkylation sites (tertiary alicyclic amines) is 1. The van der Waals surface area contributed by atoms with Gasteiger partial charge in [-0.3, -0.25) is 14.4 Å². The average Bonchev–Trinajstić information content (AvgIpc) is 2.99. The standard InChI is InChI=1S/C23H22ClNO5/c24-17-12-10-16(11-13-17)21(28)19-20(15-7-3-1-4-8-15)25(23(30)22(19)29)14-6-2-5-9-18(26)27/h1,3-4,7-8,10-13,20,28H,2,5-6,9,14H2,(H,26,27). The molecule has 0 bridgehead atoms. The summed E-state index contributed by atoms with van der Waals surface area (Å²) in [6.07, 6.45) is 1.75. The summed E-state index contributed by atoms with van der Waals surface area (Å²) in [5, 5.41) is 20.1. The molecule has 1 heterocycles. The molecular weight excluding hydrogens is 406 g/mol. The van der Waals surface area contributed by atoms with E-state index < -0.39 is 23.7 Å². The number of rotatable bonds is 8. The third-order valence-electron chi connectivity index (χ3n) is 5.06. The van der Waals surface area contributed by atoms with Gasteiger partial charge in [0.25, 0.3) is 11.7 Å². The number of halogens is 1. The van der Waals surface area contributed by atoms with Crippen LogP contribution in [0.2, 0.25) is 5.02 Å². The number of carboxylic acids is 1. The minimum Gasteiger partial charge on any atom is -0.507 e. The number of aliphatic hydroxyl groups is 1. The van der Waals surface area contributed by atoms with E-state index in [-0.39, 0.29) is 17.8 Å². The van der Waals surface area contributed by atoms with E-state index in [9.17, 15) is 19.5 Å². The molecule has 2 N–H and O–H groups in total. The van der Waals surface area contributed by atoms with Crippen molar-refractivity contribution in [2.24, 2.45) is 0 Å². The fourth-order valence-electron chi connectivity index (χ4n) is 3.59. The lowest BCUT2D eigenvalue weighted by Gasteiger charge is -2.25. The zero-order valence-electron chi connectivity index (χ0n) is 16.3. The summed E-state index contributed by atoms with van der Waals surface area (Å²) in [6, 6.07) is 14.8. The van der Waals surface area contributed by atoms with Gasteiger partial charge in [0.15, 0.2) is 0 Å². The Morgan fingerprint density at radius 2 is 1.60 bits per heavy atom. The molecule has 0 aliphatic carbocycles. The van der Waals surface area contributed by atoms with Gasteiger partial charge in [0, 0.05) is 23.6 Å². The lowest BCUT2D eigenvalue weighted by Crippen LogP contribution is -2.30. The maximum Gasteiger partial charge on any atom is 0.303 e.